The molecule has 9 heteroatoms. The first-order valence-electron chi connectivity index (χ1n) is 9.98. The van der Waals surface area contributed by atoms with E-state index in [1.807, 2.05) is 42.5 Å². The molecule has 1 aliphatic rings. The third kappa shape index (κ3) is 6.16. The van der Waals surface area contributed by atoms with Crippen molar-refractivity contribution < 1.29 is 18.7 Å². The summed E-state index contributed by atoms with van der Waals surface area (Å²) in [6.07, 6.45) is 2.31. The largest absolute Gasteiger partial charge is 0.459 e. The minimum Gasteiger partial charge on any atom is -0.459 e. The Morgan fingerprint density at radius 3 is 2.53 bits per heavy atom. The molecule has 8 nitrogen and oxygen atoms in total. The van der Waals surface area contributed by atoms with Crippen molar-refractivity contribution in [1.29, 1.82) is 0 Å². The molecule has 0 aliphatic carbocycles. The zero-order chi connectivity index (χ0) is 21.5. The first kappa shape index (κ1) is 23.5. The number of anilines is 1. The van der Waals surface area contributed by atoms with Crippen LogP contribution in [0, 0.1) is 0 Å². The lowest BCUT2D eigenvalue weighted by molar-refractivity contribution is 0.0996. The van der Waals surface area contributed by atoms with Gasteiger partial charge in [0.2, 0.25) is 6.79 Å². The predicted molar refractivity (Wildman–Crippen MR) is 133 cm³/mol. The maximum Gasteiger partial charge on any atom is 0.291 e. The predicted octanol–water partition coefficient (Wildman–Crippen LogP) is 3.79. The number of carbonyl (C=O) groups excluding carboxylic acids is 1. The molecular formula is C23H25IN4O4. The number of furan rings is 1. The molecule has 2 heterocycles. The SMILES string of the molecule is CN=C(NCCc1ccc2c(c1)OCO2)NCc1ccc(NC(=O)c2ccco2)cc1.I. The van der Waals surface area contributed by atoms with Crippen LogP contribution < -0.4 is 25.4 Å². The van der Waals surface area contributed by atoms with E-state index in [9.17, 15) is 4.79 Å². The highest BCUT2D eigenvalue weighted by Gasteiger charge is 2.13. The molecule has 4 rings (SSSR count). The number of aliphatic imine (C=N–C) groups is 1. The second-order valence-electron chi connectivity index (χ2n) is 6.92. The number of halogens is 1. The molecule has 0 fully saturated rings. The van der Waals surface area contributed by atoms with Gasteiger partial charge in [0.25, 0.3) is 5.91 Å². The molecule has 0 atom stereocenters. The van der Waals surface area contributed by atoms with E-state index in [2.05, 4.69) is 20.9 Å². The number of rotatable bonds is 7. The average molecular weight is 548 g/mol. The van der Waals surface area contributed by atoms with E-state index in [1.54, 1.807) is 19.2 Å². The summed E-state index contributed by atoms with van der Waals surface area (Å²) in [5.41, 5.74) is 2.94. The van der Waals surface area contributed by atoms with Gasteiger partial charge in [0.05, 0.1) is 6.26 Å². The molecular weight excluding hydrogens is 523 g/mol. The van der Waals surface area contributed by atoms with Crippen LogP contribution in [0.1, 0.15) is 21.7 Å². The van der Waals surface area contributed by atoms with Crippen LogP contribution in [0.2, 0.25) is 0 Å². The van der Waals surface area contributed by atoms with Crippen molar-refractivity contribution in [3.05, 3.63) is 77.7 Å². The van der Waals surface area contributed by atoms with Crippen molar-refractivity contribution in [2.75, 3.05) is 25.7 Å². The van der Waals surface area contributed by atoms with E-state index >= 15 is 0 Å². The van der Waals surface area contributed by atoms with Crippen LogP contribution >= 0.6 is 24.0 Å². The van der Waals surface area contributed by atoms with E-state index in [0.29, 0.717) is 12.2 Å². The molecule has 0 radical (unpaired) electrons. The number of hydrogen-bond acceptors (Lipinski definition) is 5. The summed E-state index contributed by atoms with van der Waals surface area (Å²) < 4.78 is 15.9. The molecule has 0 unspecified atom stereocenters. The lowest BCUT2D eigenvalue weighted by Crippen LogP contribution is -2.37. The molecule has 1 aromatic heterocycles. The molecule has 3 aromatic rings. The van der Waals surface area contributed by atoms with Gasteiger partial charge in [-0.15, -0.1) is 24.0 Å². The van der Waals surface area contributed by atoms with Crippen molar-refractivity contribution in [2.24, 2.45) is 4.99 Å². The lowest BCUT2D eigenvalue weighted by atomic mass is 10.1. The van der Waals surface area contributed by atoms with Crippen molar-refractivity contribution in [1.82, 2.24) is 10.6 Å². The molecule has 0 saturated carbocycles. The molecule has 0 bridgehead atoms. The van der Waals surface area contributed by atoms with Crippen molar-refractivity contribution in [3.63, 3.8) is 0 Å². The van der Waals surface area contributed by atoms with Gasteiger partial charge in [-0.25, -0.2) is 0 Å². The van der Waals surface area contributed by atoms with Crippen molar-refractivity contribution in [3.8, 4) is 11.5 Å². The van der Waals surface area contributed by atoms with Crippen LogP contribution in [0.15, 0.2) is 70.3 Å². The zero-order valence-electron chi connectivity index (χ0n) is 17.6. The first-order chi connectivity index (χ1) is 15.2. The van der Waals surface area contributed by atoms with Gasteiger partial charge < -0.3 is 29.8 Å². The monoisotopic (exact) mass is 548 g/mol. The molecule has 3 N–H and O–H groups in total. The summed E-state index contributed by atoms with van der Waals surface area (Å²) >= 11 is 0. The van der Waals surface area contributed by atoms with Crippen LogP contribution in [0.3, 0.4) is 0 Å². The van der Waals surface area contributed by atoms with Crippen LogP contribution in [-0.4, -0.2) is 32.3 Å². The fourth-order valence-electron chi connectivity index (χ4n) is 3.13. The number of fused-ring (bicyclic) bond motifs is 1. The standard InChI is InChI=1S/C23H24N4O4.HI/c1-24-23(25-11-10-16-6-9-19-21(13-16)31-15-30-19)26-14-17-4-7-18(8-5-17)27-22(28)20-3-2-12-29-20;/h2-9,12-13H,10-11,14-15H2,1H3,(H,27,28)(H2,24,25,26);1H. The smallest absolute Gasteiger partial charge is 0.291 e. The van der Waals surface area contributed by atoms with E-state index in [-0.39, 0.29) is 42.4 Å². The van der Waals surface area contributed by atoms with Gasteiger partial charge in [-0.3, -0.25) is 9.79 Å². The van der Waals surface area contributed by atoms with Crippen molar-refractivity contribution in [2.45, 2.75) is 13.0 Å². The minimum absolute atomic E-state index is 0. The number of amides is 1. The average Bonchev–Trinajstić information content (AvgIpc) is 3.49. The van der Waals surface area contributed by atoms with Crippen LogP contribution in [0.4, 0.5) is 5.69 Å². The molecule has 1 aliphatic heterocycles. The number of ether oxygens (including phenoxy) is 2. The Labute approximate surface area is 203 Å². The summed E-state index contributed by atoms with van der Waals surface area (Å²) in [6.45, 7) is 1.62. The van der Waals surface area contributed by atoms with Crippen LogP contribution in [0.5, 0.6) is 11.5 Å². The topological polar surface area (TPSA) is 97.1 Å². The maximum absolute atomic E-state index is 12.0. The second-order valence-corrected chi connectivity index (χ2v) is 6.92. The Morgan fingerprint density at radius 2 is 1.78 bits per heavy atom. The Morgan fingerprint density at radius 1 is 1.00 bits per heavy atom. The molecule has 32 heavy (non-hydrogen) atoms. The highest BCUT2D eigenvalue weighted by Crippen LogP contribution is 2.32. The second kappa shape index (κ2) is 11.4. The molecule has 1 amide bonds. The molecule has 168 valence electrons. The van der Waals surface area contributed by atoms with Crippen LogP contribution in [-0.2, 0) is 13.0 Å². The third-order valence-corrected chi connectivity index (χ3v) is 4.78. The maximum atomic E-state index is 12.0. The fourth-order valence-corrected chi connectivity index (χ4v) is 3.13. The zero-order valence-corrected chi connectivity index (χ0v) is 19.9. The van der Waals surface area contributed by atoms with Gasteiger partial charge in [0.1, 0.15) is 0 Å². The van der Waals surface area contributed by atoms with E-state index in [4.69, 9.17) is 13.9 Å². The first-order valence-corrected chi connectivity index (χ1v) is 9.98. The van der Waals surface area contributed by atoms with Gasteiger partial charge in [-0.2, -0.15) is 0 Å². The van der Waals surface area contributed by atoms with Gasteiger partial charge >= 0.3 is 0 Å². The summed E-state index contributed by atoms with van der Waals surface area (Å²) in [5.74, 6) is 2.31. The van der Waals surface area contributed by atoms with E-state index in [1.165, 1.54) is 11.8 Å². The number of benzene rings is 2. The number of carbonyl (C=O) groups is 1. The van der Waals surface area contributed by atoms with Crippen LogP contribution in [0.25, 0.3) is 0 Å². The Bertz CT molecular complexity index is 1050. The van der Waals surface area contributed by atoms with Gasteiger partial charge in [0, 0.05) is 25.8 Å². The minimum atomic E-state index is -0.275. The number of hydrogen-bond donors (Lipinski definition) is 3. The Kier molecular flexibility index (Phi) is 8.37. The van der Waals surface area contributed by atoms with Gasteiger partial charge in [-0.05, 0) is 53.9 Å². The highest BCUT2D eigenvalue weighted by molar-refractivity contribution is 14.0. The Hall–Kier alpha value is -3.21. The summed E-state index contributed by atoms with van der Waals surface area (Å²) in [7, 11) is 1.74. The molecule has 0 spiro atoms. The van der Waals surface area contributed by atoms with Crippen molar-refractivity contribution >= 4 is 41.5 Å². The van der Waals surface area contributed by atoms with Gasteiger partial charge in [-0.1, -0.05) is 18.2 Å². The quantitative estimate of drug-likeness (QED) is 0.236. The van der Waals surface area contributed by atoms with E-state index in [0.717, 1.165) is 36.0 Å². The fraction of sp³-hybridized carbons (Fsp3) is 0.217. The highest BCUT2D eigenvalue weighted by atomic mass is 127. The lowest BCUT2D eigenvalue weighted by Gasteiger charge is -2.12. The summed E-state index contributed by atoms with van der Waals surface area (Å²) in [6, 6.07) is 16.9. The number of nitrogens with zero attached hydrogens (tertiary/aromatic N) is 1. The number of nitrogens with one attached hydrogen (secondary N) is 3. The molecule has 0 saturated heterocycles. The summed E-state index contributed by atoms with van der Waals surface area (Å²) in [5, 5.41) is 9.40. The Balaban J connectivity index is 0.00000289. The normalized spacial score (nSPS) is 12.1. The summed E-state index contributed by atoms with van der Waals surface area (Å²) in [4.78, 5) is 16.3. The number of guanidine groups is 1. The molecule has 2 aromatic carbocycles. The van der Waals surface area contributed by atoms with Gasteiger partial charge in [0.15, 0.2) is 23.2 Å². The third-order valence-electron chi connectivity index (χ3n) is 4.78. The van der Waals surface area contributed by atoms with E-state index < -0.39 is 0 Å².